The van der Waals surface area contributed by atoms with Crippen LogP contribution in [0.3, 0.4) is 0 Å². The van der Waals surface area contributed by atoms with E-state index in [1.165, 1.54) is 11.1 Å². The molecule has 1 heterocycles. The van der Waals surface area contributed by atoms with Crippen molar-refractivity contribution in [3.05, 3.63) is 29.3 Å². The molecule has 0 saturated carbocycles. The lowest BCUT2D eigenvalue weighted by molar-refractivity contribution is -0.116. The molecule has 17 heavy (non-hydrogen) atoms. The lowest BCUT2D eigenvalue weighted by Crippen LogP contribution is -2.25. The minimum atomic E-state index is -0.00474. The molecule has 0 spiro atoms. The van der Waals surface area contributed by atoms with E-state index in [9.17, 15) is 4.79 Å². The molecular weight excluding hydrogens is 212 g/mol. The summed E-state index contributed by atoms with van der Waals surface area (Å²) in [5.41, 5.74) is 3.46. The van der Waals surface area contributed by atoms with Crippen molar-refractivity contribution in [3.8, 4) is 12.3 Å². The molecule has 0 aliphatic carbocycles. The van der Waals surface area contributed by atoms with Crippen LogP contribution < -0.4 is 10.6 Å². The van der Waals surface area contributed by atoms with Gasteiger partial charge >= 0.3 is 0 Å². The maximum atomic E-state index is 11.6. The van der Waals surface area contributed by atoms with Crippen molar-refractivity contribution < 1.29 is 4.79 Å². The average Bonchev–Trinajstić information content (AvgIpc) is 2.37. The molecule has 0 radical (unpaired) electrons. The number of carbonyl (C=O) groups is 1. The van der Waals surface area contributed by atoms with Crippen molar-refractivity contribution in [1.29, 1.82) is 0 Å². The first-order valence-electron chi connectivity index (χ1n) is 5.86. The monoisotopic (exact) mass is 228 g/mol. The summed E-state index contributed by atoms with van der Waals surface area (Å²) in [6, 6.07) is 6.03. The van der Waals surface area contributed by atoms with Gasteiger partial charge in [0.25, 0.3) is 0 Å². The third-order valence-electron chi connectivity index (χ3n) is 2.91. The fourth-order valence-electron chi connectivity index (χ4n) is 2.05. The van der Waals surface area contributed by atoms with Gasteiger partial charge < -0.3 is 10.6 Å². The normalized spacial score (nSPS) is 13.6. The van der Waals surface area contributed by atoms with Crippen LogP contribution in [0.2, 0.25) is 0 Å². The summed E-state index contributed by atoms with van der Waals surface area (Å²) in [4.78, 5) is 11.6. The zero-order chi connectivity index (χ0) is 12.1. The highest BCUT2D eigenvalue weighted by Crippen LogP contribution is 2.23. The maximum absolute atomic E-state index is 11.6. The molecule has 0 unspecified atom stereocenters. The molecule has 1 amide bonds. The number of amides is 1. The van der Waals surface area contributed by atoms with Gasteiger partial charge in [-0.05, 0) is 30.2 Å². The Kier molecular flexibility index (Phi) is 3.79. The van der Waals surface area contributed by atoms with Crippen LogP contribution >= 0.6 is 0 Å². The Balaban J connectivity index is 2.11. The molecule has 3 nitrogen and oxygen atoms in total. The molecule has 2 N–H and O–H groups in total. The molecule has 1 aliphatic heterocycles. The second-order valence-electron chi connectivity index (χ2n) is 4.12. The van der Waals surface area contributed by atoms with Crippen molar-refractivity contribution in [2.45, 2.75) is 25.8 Å². The summed E-state index contributed by atoms with van der Waals surface area (Å²) in [5.74, 6) is 2.47. The Morgan fingerprint density at radius 2 is 2.41 bits per heavy atom. The van der Waals surface area contributed by atoms with Crippen LogP contribution in [-0.2, 0) is 17.8 Å². The van der Waals surface area contributed by atoms with Gasteiger partial charge in [0.1, 0.15) is 0 Å². The summed E-state index contributed by atoms with van der Waals surface area (Å²) in [5, 5.41) is 6.26. The van der Waals surface area contributed by atoms with Crippen molar-refractivity contribution in [2.75, 3.05) is 11.9 Å². The van der Waals surface area contributed by atoms with Crippen LogP contribution in [0.5, 0.6) is 0 Å². The topological polar surface area (TPSA) is 41.1 Å². The number of nitrogens with one attached hydrogen (secondary N) is 2. The highest BCUT2D eigenvalue weighted by atomic mass is 16.1. The van der Waals surface area contributed by atoms with Crippen molar-refractivity contribution in [3.63, 3.8) is 0 Å². The van der Waals surface area contributed by atoms with E-state index >= 15 is 0 Å². The quantitative estimate of drug-likeness (QED) is 0.773. The molecule has 0 bridgehead atoms. The van der Waals surface area contributed by atoms with Crippen LogP contribution in [0.25, 0.3) is 0 Å². The molecule has 1 aromatic rings. The van der Waals surface area contributed by atoms with Gasteiger partial charge in [0.05, 0.1) is 0 Å². The summed E-state index contributed by atoms with van der Waals surface area (Å²) in [7, 11) is 0. The van der Waals surface area contributed by atoms with Gasteiger partial charge in [-0.25, -0.2) is 0 Å². The van der Waals surface area contributed by atoms with Crippen LogP contribution in [0.4, 0.5) is 5.69 Å². The summed E-state index contributed by atoms with van der Waals surface area (Å²) in [6.07, 6.45) is 6.98. The van der Waals surface area contributed by atoms with E-state index in [4.69, 9.17) is 6.42 Å². The number of benzene rings is 1. The second-order valence-corrected chi connectivity index (χ2v) is 4.12. The summed E-state index contributed by atoms with van der Waals surface area (Å²) in [6.45, 7) is 1.84. The molecule has 0 fully saturated rings. The average molecular weight is 228 g/mol. The Morgan fingerprint density at radius 3 is 3.24 bits per heavy atom. The van der Waals surface area contributed by atoms with E-state index in [0.717, 1.165) is 25.2 Å². The number of anilines is 1. The van der Waals surface area contributed by atoms with E-state index < -0.39 is 0 Å². The largest absolute Gasteiger partial charge is 0.326 e. The standard InChI is InChI=1S/C14H16N2O/c1-2-3-7-14(17)16-13-6-4-5-11-10-15-9-8-12(11)13/h1,4-6,15H,3,7-10H2,(H,16,17). The van der Waals surface area contributed by atoms with Crippen molar-refractivity contribution in [2.24, 2.45) is 0 Å². The number of rotatable bonds is 3. The van der Waals surface area contributed by atoms with Crippen LogP contribution in [-0.4, -0.2) is 12.5 Å². The SMILES string of the molecule is C#CCCC(=O)Nc1cccc2c1CCNC2. The first kappa shape index (κ1) is 11.7. The predicted octanol–water partition coefficient (Wildman–Crippen LogP) is 1.68. The number of fused-ring (bicyclic) bond motifs is 1. The van der Waals surface area contributed by atoms with Gasteiger partial charge in [0.15, 0.2) is 0 Å². The second kappa shape index (κ2) is 5.51. The van der Waals surface area contributed by atoms with Gasteiger partial charge in [-0.2, -0.15) is 0 Å². The first-order chi connectivity index (χ1) is 8.31. The van der Waals surface area contributed by atoms with Crippen LogP contribution in [0, 0.1) is 12.3 Å². The van der Waals surface area contributed by atoms with Crippen LogP contribution in [0.15, 0.2) is 18.2 Å². The molecule has 0 saturated heterocycles. The van der Waals surface area contributed by atoms with Gasteiger partial charge in [-0.3, -0.25) is 4.79 Å². The number of carbonyl (C=O) groups excluding carboxylic acids is 1. The Bertz CT molecular complexity index is 460. The van der Waals surface area contributed by atoms with Crippen molar-refractivity contribution in [1.82, 2.24) is 5.32 Å². The predicted molar refractivity (Wildman–Crippen MR) is 68.5 cm³/mol. The van der Waals surface area contributed by atoms with Gasteiger partial charge in [-0.15, -0.1) is 12.3 Å². The van der Waals surface area contributed by atoms with Gasteiger partial charge in [0.2, 0.25) is 5.91 Å². The van der Waals surface area contributed by atoms with E-state index in [1.807, 2.05) is 12.1 Å². The Hall–Kier alpha value is -1.79. The number of hydrogen-bond donors (Lipinski definition) is 2. The van der Waals surface area contributed by atoms with Crippen LogP contribution in [0.1, 0.15) is 24.0 Å². The Morgan fingerprint density at radius 1 is 1.53 bits per heavy atom. The lowest BCUT2D eigenvalue weighted by atomic mass is 9.99. The zero-order valence-corrected chi connectivity index (χ0v) is 9.75. The van der Waals surface area contributed by atoms with Gasteiger partial charge in [0, 0.05) is 25.1 Å². The molecule has 88 valence electrons. The maximum Gasteiger partial charge on any atom is 0.225 e. The molecule has 1 aromatic carbocycles. The number of terminal acetylenes is 1. The highest BCUT2D eigenvalue weighted by Gasteiger charge is 2.13. The minimum Gasteiger partial charge on any atom is -0.326 e. The smallest absolute Gasteiger partial charge is 0.225 e. The fourth-order valence-corrected chi connectivity index (χ4v) is 2.05. The first-order valence-corrected chi connectivity index (χ1v) is 5.86. The van der Waals surface area contributed by atoms with E-state index in [1.54, 1.807) is 0 Å². The van der Waals surface area contributed by atoms with Crippen molar-refractivity contribution >= 4 is 11.6 Å². The molecule has 1 aliphatic rings. The Labute approximate surface area is 102 Å². The fraction of sp³-hybridized carbons (Fsp3) is 0.357. The minimum absolute atomic E-state index is 0.00474. The third kappa shape index (κ3) is 2.86. The molecular formula is C14H16N2O. The molecule has 0 atom stereocenters. The lowest BCUT2D eigenvalue weighted by Gasteiger charge is -2.20. The summed E-state index contributed by atoms with van der Waals surface area (Å²) >= 11 is 0. The van der Waals surface area contributed by atoms with E-state index in [2.05, 4.69) is 22.6 Å². The highest BCUT2D eigenvalue weighted by molar-refractivity contribution is 5.91. The third-order valence-corrected chi connectivity index (χ3v) is 2.91. The van der Waals surface area contributed by atoms with E-state index in [0.29, 0.717) is 12.8 Å². The molecule has 0 aromatic heterocycles. The number of hydrogen-bond acceptors (Lipinski definition) is 2. The molecule has 2 rings (SSSR count). The van der Waals surface area contributed by atoms with E-state index in [-0.39, 0.29) is 5.91 Å². The summed E-state index contributed by atoms with van der Waals surface area (Å²) < 4.78 is 0. The van der Waals surface area contributed by atoms with Gasteiger partial charge in [-0.1, -0.05) is 12.1 Å². The molecule has 3 heteroatoms. The zero-order valence-electron chi connectivity index (χ0n) is 9.75.